The summed E-state index contributed by atoms with van der Waals surface area (Å²) in [6, 6.07) is 1.47. The molecule has 0 radical (unpaired) electrons. The van der Waals surface area contributed by atoms with Gasteiger partial charge in [0.05, 0.1) is 7.74 Å². The summed E-state index contributed by atoms with van der Waals surface area (Å²) in [6.45, 7) is 9.69. The zero-order chi connectivity index (χ0) is 8.74. The molecule has 0 spiro atoms. The van der Waals surface area contributed by atoms with E-state index in [4.69, 9.17) is 0 Å². The minimum absolute atomic E-state index is 0.699. The molecule has 0 bridgehead atoms. The average molecular weight is 190 g/mol. The van der Waals surface area contributed by atoms with Crippen LogP contribution >= 0.6 is 8.13 Å². The van der Waals surface area contributed by atoms with Crippen molar-refractivity contribution in [2.24, 2.45) is 0 Å². The quantitative estimate of drug-likeness (QED) is 0.336. The van der Waals surface area contributed by atoms with Gasteiger partial charge in [-0.2, -0.15) is 0 Å². The molecule has 0 aromatic carbocycles. The Hall–Kier alpha value is 0.647. The molecule has 1 unspecified atom stereocenters. The topological polar surface area (TPSA) is 0 Å². The molecule has 0 aliphatic heterocycles. The third kappa shape index (κ3) is 7.02. The maximum Gasteiger partial charge on any atom is 0.0713 e. The van der Waals surface area contributed by atoms with Gasteiger partial charge in [0.25, 0.3) is 0 Å². The van der Waals surface area contributed by atoms with Gasteiger partial charge in [0.15, 0.2) is 0 Å². The molecule has 0 N–H and O–H groups in total. The van der Waals surface area contributed by atoms with Crippen LogP contribution in [0.15, 0.2) is 0 Å². The SMILES string of the molecule is CCCCCP[Si](C)(C)CC. The highest BCUT2D eigenvalue weighted by Crippen LogP contribution is 2.31. The fraction of sp³-hybridized carbons (Fsp3) is 1.00. The van der Waals surface area contributed by atoms with Crippen molar-refractivity contribution in [3.05, 3.63) is 0 Å². The first kappa shape index (κ1) is 11.6. The van der Waals surface area contributed by atoms with Gasteiger partial charge in [0.1, 0.15) is 0 Å². The minimum Gasteiger partial charge on any atom is -0.133 e. The Kier molecular flexibility index (Phi) is 6.56. The maximum absolute atomic E-state index is 2.53. The largest absolute Gasteiger partial charge is 0.133 e. The van der Waals surface area contributed by atoms with Crippen molar-refractivity contribution in [1.82, 2.24) is 0 Å². The summed E-state index contributed by atoms with van der Waals surface area (Å²) in [6.07, 6.45) is 5.81. The van der Waals surface area contributed by atoms with Crippen LogP contribution in [0.3, 0.4) is 0 Å². The fourth-order valence-electron chi connectivity index (χ4n) is 0.927. The number of rotatable bonds is 6. The first-order valence-electron chi connectivity index (χ1n) is 4.87. The number of hydrogen-bond donors (Lipinski definition) is 0. The predicted molar refractivity (Wildman–Crippen MR) is 60.7 cm³/mol. The van der Waals surface area contributed by atoms with Crippen molar-refractivity contribution in [1.29, 1.82) is 0 Å². The first-order valence-corrected chi connectivity index (χ1v) is 10.3. The van der Waals surface area contributed by atoms with Crippen LogP contribution in [0.4, 0.5) is 0 Å². The van der Waals surface area contributed by atoms with Crippen LogP contribution in [-0.4, -0.2) is 13.9 Å². The zero-order valence-corrected chi connectivity index (χ0v) is 10.5. The van der Waals surface area contributed by atoms with E-state index < -0.39 is 7.74 Å². The van der Waals surface area contributed by atoms with Crippen LogP contribution in [0.25, 0.3) is 0 Å². The lowest BCUT2D eigenvalue weighted by molar-refractivity contribution is 0.778. The van der Waals surface area contributed by atoms with E-state index in [2.05, 4.69) is 26.9 Å². The Bertz CT molecular complexity index is 91.6. The molecule has 0 nitrogen and oxygen atoms in total. The van der Waals surface area contributed by atoms with Gasteiger partial charge in [-0.15, -0.1) is 8.13 Å². The summed E-state index contributed by atoms with van der Waals surface area (Å²) < 4.78 is 0. The van der Waals surface area contributed by atoms with Crippen molar-refractivity contribution >= 4 is 15.9 Å². The average Bonchev–Trinajstić information content (AvgIpc) is 1.99. The summed E-state index contributed by atoms with van der Waals surface area (Å²) in [5.74, 6) is 0. The van der Waals surface area contributed by atoms with Crippen molar-refractivity contribution < 1.29 is 0 Å². The molecule has 0 saturated carbocycles. The molecule has 11 heavy (non-hydrogen) atoms. The highest BCUT2D eigenvalue weighted by atomic mass is 31.3. The summed E-state index contributed by atoms with van der Waals surface area (Å²) in [4.78, 5) is 0. The molecule has 0 fully saturated rings. The van der Waals surface area contributed by atoms with E-state index in [1.807, 2.05) is 0 Å². The van der Waals surface area contributed by atoms with Crippen LogP contribution in [-0.2, 0) is 0 Å². The lowest BCUT2D eigenvalue weighted by atomic mass is 10.3. The highest BCUT2D eigenvalue weighted by molar-refractivity contribution is 7.81. The Morgan fingerprint density at radius 2 is 1.73 bits per heavy atom. The Morgan fingerprint density at radius 1 is 1.09 bits per heavy atom. The molecular weight excluding hydrogens is 167 g/mol. The number of hydrogen-bond acceptors (Lipinski definition) is 0. The summed E-state index contributed by atoms with van der Waals surface area (Å²) >= 11 is 0. The van der Waals surface area contributed by atoms with Gasteiger partial charge in [-0.3, -0.25) is 0 Å². The van der Waals surface area contributed by atoms with Crippen LogP contribution in [0.1, 0.15) is 33.1 Å². The molecule has 0 amide bonds. The molecule has 68 valence electrons. The highest BCUT2D eigenvalue weighted by Gasteiger charge is 2.16. The van der Waals surface area contributed by atoms with E-state index in [1.54, 1.807) is 0 Å². The van der Waals surface area contributed by atoms with Gasteiger partial charge in [-0.1, -0.05) is 45.8 Å². The summed E-state index contributed by atoms with van der Waals surface area (Å²) in [7, 11) is 0.608. The van der Waals surface area contributed by atoms with E-state index in [0.717, 1.165) is 0 Å². The molecule has 0 aliphatic rings. The second-order valence-electron chi connectivity index (χ2n) is 3.87. The molecule has 0 aromatic heterocycles. The molecule has 0 aliphatic carbocycles. The van der Waals surface area contributed by atoms with Crippen molar-refractivity contribution in [2.45, 2.75) is 52.2 Å². The van der Waals surface area contributed by atoms with E-state index in [0.29, 0.717) is 0 Å². The third-order valence-corrected chi connectivity index (χ3v) is 10.3. The Balaban J connectivity index is 3.23. The molecular formula is C9H23PSi. The number of unbranched alkanes of at least 4 members (excludes halogenated alkanes) is 2. The lowest BCUT2D eigenvalue weighted by Gasteiger charge is -2.19. The van der Waals surface area contributed by atoms with Gasteiger partial charge >= 0.3 is 0 Å². The van der Waals surface area contributed by atoms with Gasteiger partial charge in [-0.25, -0.2) is 0 Å². The maximum atomic E-state index is 2.53. The normalized spacial score (nSPS) is 13.1. The molecule has 2 heteroatoms. The van der Waals surface area contributed by atoms with Crippen LogP contribution in [0, 0.1) is 0 Å². The molecule has 0 rings (SSSR count). The van der Waals surface area contributed by atoms with Crippen LogP contribution < -0.4 is 0 Å². The van der Waals surface area contributed by atoms with Gasteiger partial charge in [0.2, 0.25) is 0 Å². The summed E-state index contributed by atoms with van der Waals surface area (Å²) in [5, 5.41) is 0. The fourth-order valence-corrected chi connectivity index (χ4v) is 5.59. The zero-order valence-electron chi connectivity index (χ0n) is 8.54. The second-order valence-corrected chi connectivity index (χ2v) is 14.3. The molecule has 0 saturated heterocycles. The monoisotopic (exact) mass is 190 g/mol. The summed E-state index contributed by atoms with van der Waals surface area (Å²) in [5.41, 5.74) is 0. The van der Waals surface area contributed by atoms with Crippen molar-refractivity contribution in [3.63, 3.8) is 0 Å². The second kappa shape index (κ2) is 6.19. The molecule has 0 heterocycles. The third-order valence-electron chi connectivity index (χ3n) is 2.27. The van der Waals surface area contributed by atoms with Crippen LogP contribution in [0.5, 0.6) is 0 Å². The Morgan fingerprint density at radius 3 is 2.18 bits per heavy atom. The van der Waals surface area contributed by atoms with E-state index in [1.165, 1.54) is 39.6 Å². The van der Waals surface area contributed by atoms with E-state index in [-0.39, 0.29) is 0 Å². The molecule has 0 aromatic rings. The smallest absolute Gasteiger partial charge is 0.0713 e. The standard InChI is InChI=1S/C9H23PSi/c1-5-7-8-9-10-11(3,4)6-2/h10H,5-9H2,1-4H3. The van der Waals surface area contributed by atoms with Gasteiger partial charge in [0, 0.05) is 0 Å². The predicted octanol–water partition coefficient (Wildman–Crippen LogP) is 4.08. The minimum atomic E-state index is -0.699. The van der Waals surface area contributed by atoms with Gasteiger partial charge in [-0.05, 0) is 12.6 Å². The first-order chi connectivity index (χ1) is 5.12. The van der Waals surface area contributed by atoms with E-state index in [9.17, 15) is 0 Å². The Labute approximate surface area is 74.8 Å². The molecule has 1 atom stereocenters. The van der Waals surface area contributed by atoms with Crippen molar-refractivity contribution in [3.8, 4) is 0 Å². The van der Waals surface area contributed by atoms with Crippen molar-refractivity contribution in [2.75, 3.05) is 6.16 Å². The van der Waals surface area contributed by atoms with E-state index >= 15 is 0 Å². The van der Waals surface area contributed by atoms with Crippen LogP contribution in [0.2, 0.25) is 19.1 Å². The lowest BCUT2D eigenvalue weighted by Crippen LogP contribution is -2.17. The van der Waals surface area contributed by atoms with Gasteiger partial charge < -0.3 is 0 Å².